The number of nitro groups is 1. The first kappa shape index (κ1) is 18.6. The van der Waals surface area contributed by atoms with Crippen LogP contribution in [0.4, 0.5) is 5.69 Å². The quantitative estimate of drug-likeness (QED) is 0.279. The molecule has 3 rings (SSSR count). The van der Waals surface area contributed by atoms with Gasteiger partial charge >= 0.3 is 5.69 Å². The molecule has 0 fully saturated rings. The van der Waals surface area contributed by atoms with Crippen molar-refractivity contribution in [2.75, 3.05) is 0 Å². The van der Waals surface area contributed by atoms with Gasteiger partial charge in [0.25, 0.3) is 5.56 Å². The van der Waals surface area contributed by atoms with Crippen LogP contribution >= 0.6 is 23.4 Å². The van der Waals surface area contributed by atoms with Gasteiger partial charge in [0.2, 0.25) is 5.69 Å². The van der Waals surface area contributed by atoms with E-state index in [1.54, 1.807) is 30.3 Å². The van der Waals surface area contributed by atoms with Crippen LogP contribution in [-0.4, -0.2) is 19.5 Å². The van der Waals surface area contributed by atoms with Crippen molar-refractivity contribution < 1.29 is 4.92 Å². The highest BCUT2D eigenvalue weighted by Gasteiger charge is 2.18. The van der Waals surface area contributed by atoms with Gasteiger partial charge < -0.3 is 0 Å². The molecule has 0 saturated heterocycles. The Morgan fingerprint density at radius 1 is 1.37 bits per heavy atom. The van der Waals surface area contributed by atoms with Gasteiger partial charge in [0.05, 0.1) is 15.8 Å². The smallest absolute Gasteiger partial charge is 0.283 e. The number of aromatic nitrogens is 3. The van der Waals surface area contributed by atoms with Crippen LogP contribution in [0.15, 0.2) is 58.0 Å². The van der Waals surface area contributed by atoms with Crippen LogP contribution < -0.4 is 5.56 Å². The average molecular weight is 400 g/mol. The topological polar surface area (TPSA) is 115 Å². The summed E-state index contributed by atoms with van der Waals surface area (Å²) in [5, 5.41) is 21.5. The monoisotopic (exact) mass is 399 g/mol. The molecule has 10 heteroatoms. The standard InChI is InChI=1S/C17H10ClN5O3S/c1-2-7-22-16(24)11-4-3-10(18)8-12(11)21-17(22)27-15-6-5-14(23(25)26)13(9-19)20-15/h2-6,8H,1,7H2. The molecule has 0 radical (unpaired) electrons. The third-order valence-electron chi connectivity index (χ3n) is 3.54. The molecule has 0 aliphatic carbocycles. The maximum Gasteiger partial charge on any atom is 0.305 e. The van der Waals surface area contributed by atoms with Crippen molar-refractivity contribution in [2.45, 2.75) is 16.7 Å². The summed E-state index contributed by atoms with van der Waals surface area (Å²) in [6.07, 6.45) is 1.55. The van der Waals surface area contributed by atoms with E-state index in [1.807, 2.05) is 0 Å². The number of halogens is 1. The summed E-state index contributed by atoms with van der Waals surface area (Å²) in [5.74, 6) is 0. The Hall–Kier alpha value is -3.22. The number of nitriles is 1. The number of nitrogens with zero attached hydrogens (tertiary/aromatic N) is 5. The van der Waals surface area contributed by atoms with Crippen LogP contribution in [0.3, 0.4) is 0 Å². The highest BCUT2D eigenvalue weighted by molar-refractivity contribution is 7.99. The Morgan fingerprint density at radius 2 is 2.15 bits per heavy atom. The van der Waals surface area contributed by atoms with E-state index >= 15 is 0 Å². The van der Waals surface area contributed by atoms with Crippen molar-refractivity contribution in [3.8, 4) is 6.07 Å². The molecule has 0 aliphatic rings. The number of rotatable bonds is 5. The zero-order valence-electron chi connectivity index (χ0n) is 13.6. The lowest BCUT2D eigenvalue weighted by Crippen LogP contribution is -2.22. The van der Waals surface area contributed by atoms with Crippen molar-refractivity contribution in [2.24, 2.45) is 0 Å². The Labute approximate surface area is 161 Å². The van der Waals surface area contributed by atoms with Crippen molar-refractivity contribution >= 4 is 40.0 Å². The molecule has 0 bridgehead atoms. The third-order valence-corrected chi connectivity index (χ3v) is 4.71. The minimum atomic E-state index is -0.677. The van der Waals surface area contributed by atoms with Gasteiger partial charge in [-0.05, 0) is 36.0 Å². The largest absolute Gasteiger partial charge is 0.305 e. The minimum absolute atomic E-state index is 0.213. The van der Waals surface area contributed by atoms with E-state index in [0.717, 1.165) is 11.8 Å². The van der Waals surface area contributed by atoms with Gasteiger partial charge in [-0.15, -0.1) is 6.58 Å². The molecule has 0 unspecified atom stereocenters. The minimum Gasteiger partial charge on any atom is -0.283 e. The summed E-state index contributed by atoms with van der Waals surface area (Å²) >= 11 is 7.00. The Bertz CT molecular complexity index is 1190. The zero-order chi connectivity index (χ0) is 19.6. The Morgan fingerprint density at radius 3 is 2.81 bits per heavy atom. The lowest BCUT2D eigenvalue weighted by molar-refractivity contribution is -0.385. The fraction of sp³-hybridized carbons (Fsp3) is 0.0588. The molecule has 0 amide bonds. The van der Waals surface area contributed by atoms with Gasteiger partial charge in [-0.25, -0.2) is 9.97 Å². The van der Waals surface area contributed by atoms with E-state index in [4.69, 9.17) is 16.9 Å². The van der Waals surface area contributed by atoms with E-state index in [0.29, 0.717) is 26.1 Å². The van der Waals surface area contributed by atoms with Crippen molar-refractivity contribution in [1.29, 1.82) is 5.26 Å². The van der Waals surface area contributed by atoms with Crippen LogP contribution in [0.25, 0.3) is 10.9 Å². The number of allylic oxidation sites excluding steroid dienone is 1. The third kappa shape index (κ3) is 3.67. The zero-order valence-corrected chi connectivity index (χ0v) is 15.2. The normalized spacial score (nSPS) is 10.5. The average Bonchev–Trinajstić information content (AvgIpc) is 2.64. The number of benzene rings is 1. The summed E-state index contributed by atoms with van der Waals surface area (Å²) in [6.45, 7) is 3.86. The van der Waals surface area contributed by atoms with E-state index < -0.39 is 4.92 Å². The number of hydrogen-bond donors (Lipinski definition) is 0. The molecule has 1 aromatic carbocycles. The molecule has 3 aromatic rings. The fourth-order valence-electron chi connectivity index (χ4n) is 2.36. The maximum absolute atomic E-state index is 12.8. The number of pyridine rings is 1. The van der Waals surface area contributed by atoms with Gasteiger partial charge in [-0.1, -0.05) is 17.7 Å². The van der Waals surface area contributed by atoms with Crippen LogP contribution in [0.2, 0.25) is 5.02 Å². The summed E-state index contributed by atoms with van der Waals surface area (Å²) in [5.41, 5.74) is -0.561. The highest BCUT2D eigenvalue weighted by Crippen LogP contribution is 2.28. The molecule has 0 N–H and O–H groups in total. The summed E-state index contributed by atoms with van der Waals surface area (Å²) < 4.78 is 1.41. The molecular formula is C17H10ClN5O3S. The fourth-order valence-corrected chi connectivity index (χ4v) is 3.39. The predicted molar refractivity (Wildman–Crippen MR) is 101 cm³/mol. The van der Waals surface area contributed by atoms with E-state index in [-0.39, 0.29) is 23.5 Å². The van der Waals surface area contributed by atoms with E-state index in [1.165, 1.54) is 16.7 Å². The molecule has 0 atom stereocenters. The Kier molecular flexibility index (Phi) is 5.21. The molecule has 134 valence electrons. The molecule has 0 spiro atoms. The van der Waals surface area contributed by atoms with Gasteiger partial charge in [0.15, 0.2) is 5.16 Å². The second-order valence-corrected chi connectivity index (χ2v) is 6.67. The van der Waals surface area contributed by atoms with Crippen LogP contribution in [0, 0.1) is 21.4 Å². The Balaban J connectivity index is 2.15. The molecule has 2 heterocycles. The lowest BCUT2D eigenvalue weighted by Gasteiger charge is -2.11. The molecule has 2 aromatic heterocycles. The highest BCUT2D eigenvalue weighted by atomic mass is 35.5. The SMILES string of the molecule is C=CCn1c(Sc2ccc([N+](=O)[O-])c(C#N)n2)nc2cc(Cl)ccc2c1=O. The van der Waals surface area contributed by atoms with E-state index in [9.17, 15) is 14.9 Å². The first-order valence-electron chi connectivity index (χ1n) is 7.49. The maximum atomic E-state index is 12.8. The predicted octanol–water partition coefficient (Wildman–Crippen LogP) is 3.56. The second kappa shape index (κ2) is 7.57. The van der Waals surface area contributed by atoms with Gasteiger partial charge in [-0.3, -0.25) is 19.5 Å². The number of fused-ring (bicyclic) bond motifs is 1. The first-order valence-corrected chi connectivity index (χ1v) is 8.68. The molecule has 8 nitrogen and oxygen atoms in total. The van der Waals surface area contributed by atoms with Crippen LogP contribution in [-0.2, 0) is 6.54 Å². The van der Waals surface area contributed by atoms with Crippen molar-refractivity contribution in [1.82, 2.24) is 14.5 Å². The van der Waals surface area contributed by atoms with Gasteiger partial charge in [0, 0.05) is 17.6 Å². The summed E-state index contributed by atoms with van der Waals surface area (Å²) in [7, 11) is 0. The summed E-state index contributed by atoms with van der Waals surface area (Å²) in [4.78, 5) is 31.5. The van der Waals surface area contributed by atoms with Gasteiger partial charge in [0.1, 0.15) is 11.1 Å². The van der Waals surface area contributed by atoms with Crippen LogP contribution in [0.1, 0.15) is 5.69 Å². The van der Waals surface area contributed by atoms with Gasteiger partial charge in [-0.2, -0.15) is 5.26 Å². The number of hydrogen-bond acceptors (Lipinski definition) is 7. The first-order chi connectivity index (χ1) is 12.9. The van der Waals surface area contributed by atoms with Crippen LogP contribution in [0.5, 0.6) is 0 Å². The van der Waals surface area contributed by atoms with E-state index in [2.05, 4.69) is 16.5 Å². The molecule has 0 saturated carbocycles. The molecule has 27 heavy (non-hydrogen) atoms. The lowest BCUT2D eigenvalue weighted by atomic mass is 10.2. The molecular weight excluding hydrogens is 390 g/mol. The molecule has 0 aliphatic heterocycles. The van der Waals surface area contributed by atoms with Crippen molar-refractivity contribution in [3.05, 3.63) is 74.2 Å². The second-order valence-electron chi connectivity index (χ2n) is 5.25. The van der Waals surface area contributed by atoms with Crippen molar-refractivity contribution in [3.63, 3.8) is 0 Å². The summed E-state index contributed by atoms with van der Waals surface area (Å²) in [6, 6.07) is 9.07.